The van der Waals surface area contributed by atoms with Crippen molar-refractivity contribution in [1.29, 1.82) is 0 Å². The number of benzene rings is 2. The summed E-state index contributed by atoms with van der Waals surface area (Å²) in [5, 5.41) is 0.305. The third-order valence-corrected chi connectivity index (χ3v) is 9.67. The largest absolute Gasteiger partial charge is 0.380 e. The zero-order valence-electron chi connectivity index (χ0n) is 27.6. The van der Waals surface area contributed by atoms with Crippen LogP contribution in [0.3, 0.4) is 0 Å². The van der Waals surface area contributed by atoms with E-state index < -0.39 is 0 Å². The molecule has 2 aromatic carbocycles. The normalized spacial score (nSPS) is 22.4. The van der Waals surface area contributed by atoms with Crippen LogP contribution in [0.25, 0.3) is 12.2 Å². The van der Waals surface area contributed by atoms with E-state index in [-0.39, 0.29) is 28.8 Å². The summed E-state index contributed by atoms with van der Waals surface area (Å²) >= 11 is 1.97. The molecule has 5 heteroatoms. The van der Waals surface area contributed by atoms with Crippen LogP contribution in [0.2, 0.25) is 0 Å². The highest BCUT2D eigenvalue weighted by Crippen LogP contribution is 2.47. The number of rotatable bonds is 21. The summed E-state index contributed by atoms with van der Waals surface area (Å²) in [4.78, 5) is 0. The van der Waals surface area contributed by atoms with Gasteiger partial charge in [0.25, 0.3) is 0 Å². The van der Waals surface area contributed by atoms with Gasteiger partial charge >= 0.3 is 0 Å². The molecule has 0 aliphatic carbocycles. The first-order chi connectivity index (χ1) is 21.1. The van der Waals surface area contributed by atoms with Crippen molar-refractivity contribution >= 4 is 23.9 Å². The van der Waals surface area contributed by atoms with Crippen LogP contribution in [-0.2, 0) is 25.4 Å². The van der Waals surface area contributed by atoms with Crippen LogP contribution < -0.4 is 0 Å². The predicted molar refractivity (Wildman–Crippen MR) is 185 cm³/mol. The zero-order valence-corrected chi connectivity index (χ0v) is 28.4. The molecule has 1 saturated heterocycles. The molecule has 0 radical (unpaired) electrons. The van der Waals surface area contributed by atoms with Crippen molar-refractivity contribution in [3.63, 3.8) is 0 Å². The minimum Gasteiger partial charge on any atom is -0.380 e. The number of hydrogen-bond donors (Lipinski definition) is 0. The van der Waals surface area contributed by atoms with Gasteiger partial charge in [0.05, 0.1) is 17.1 Å². The highest BCUT2D eigenvalue weighted by atomic mass is 32.2. The van der Waals surface area contributed by atoms with Gasteiger partial charge in [-0.05, 0) is 54.4 Å². The molecule has 0 unspecified atom stereocenters. The highest BCUT2D eigenvalue weighted by molar-refractivity contribution is 8.00. The third kappa shape index (κ3) is 12.0. The van der Waals surface area contributed by atoms with Crippen molar-refractivity contribution in [2.24, 2.45) is 0 Å². The molecular weight excluding hydrogens is 552 g/mol. The summed E-state index contributed by atoms with van der Waals surface area (Å²) in [6.45, 7) is 14.7. The zero-order chi connectivity index (χ0) is 30.7. The van der Waals surface area contributed by atoms with Crippen molar-refractivity contribution < 1.29 is 18.9 Å². The van der Waals surface area contributed by atoms with Gasteiger partial charge in [0.1, 0.15) is 18.3 Å². The molecule has 4 nitrogen and oxygen atoms in total. The number of aryl methyl sites for hydroxylation is 1. The minimum absolute atomic E-state index is 0.0629. The summed E-state index contributed by atoms with van der Waals surface area (Å²) in [6, 6.07) is 17.8. The first-order valence-corrected chi connectivity index (χ1v) is 18.0. The molecule has 43 heavy (non-hydrogen) atoms. The molecule has 0 bridgehead atoms. The molecule has 0 saturated carbocycles. The van der Waals surface area contributed by atoms with E-state index in [1.807, 2.05) is 11.8 Å². The Hall–Kier alpha value is -1.63. The fraction of sp³-hybridized carbons (Fsp3) is 0.632. The fourth-order valence-corrected chi connectivity index (χ4v) is 6.96. The standard InChI is InChI=1S/C38H58O4S/c1-6-11-24-39-29-34-35(40-25-12-7-2)36(41-26-13-8-3)37(42-27-14-9-4)38(43-34)33-17-15-16-32(28-33)23-22-31-20-18-30(10-5)19-21-31/h15-23,28,34-38H,6-14,24-27,29H2,1-5H3/t34-,35-,36+,37-,38+/m1/s1. The van der Waals surface area contributed by atoms with E-state index in [1.54, 1.807) is 0 Å². The van der Waals surface area contributed by atoms with E-state index >= 15 is 0 Å². The Kier molecular flexibility index (Phi) is 17.6. The van der Waals surface area contributed by atoms with Gasteiger partial charge in [0, 0.05) is 26.4 Å². The monoisotopic (exact) mass is 610 g/mol. The molecule has 3 rings (SSSR count). The van der Waals surface area contributed by atoms with Gasteiger partial charge in [-0.25, -0.2) is 0 Å². The molecule has 0 N–H and O–H groups in total. The van der Waals surface area contributed by atoms with E-state index in [0.29, 0.717) is 6.61 Å². The second-order valence-corrected chi connectivity index (χ2v) is 13.1. The van der Waals surface area contributed by atoms with Crippen LogP contribution in [0.4, 0.5) is 0 Å². The second kappa shape index (κ2) is 21.2. The molecule has 2 aromatic rings. The Labute approximate surface area is 267 Å². The van der Waals surface area contributed by atoms with Crippen LogP contribution in [0, 0.1) is 0 Å². The Balaban J connectivity index is 1.93. The molecular formula is C38H58O4S. The van der Waals surface area contributed by atoms with Gasteiger partial charge in [0.15, 0.2) is 0 Å². The molecule has 5 atom stereocenters. The summed E-state index contributed by atoms with van der Waals surface area (Å²) in [6.07, 6.45) is 13.9. The van der Waals surface area contributed by atoms with Crippen LogP contribution in [0.15, 0.2) is 48.5 Å². The number of ether oxygens (including phenoxy) is 4. The van der Waals surface area contributed by atoms with Crippen LogP contribution in [0.5, 0.6) is 0 Å². The summed E-state index contributed by atoms with van der Waals surface area (Å²) in [5.41, 5.74) is 5.06. The third-order valence-electron chi connectivity index (χ3n) is 8.08. The summed E-state index contributed by atoms with van der Waals surface area (Å²) in [7, 11) is 0. The lowest BCUT2D eigenvalue weighted by atomic mass is 9.95. The molecule has 1 heterocycles. The first-order valence-electron chi connectivity index (χ1n) is 17.1. The molecule has 1 aliphatic heterocycles. The van der Waals surface area contributed by atoms with Crippen LogP contribution in [-0.4, -0.2) is 56.6 Å². The van der Waals surface area contributed by atoms with Crippen molar-refractivity contribution in [3.05, 3.63) is 70.8 Å². The van der Waals surface area contributed by atoms with E-state index in [1.165, 1.54) is 22.3 Å². The number of unbranched alkanes of at least 4 members (excludes halogenated alkanes) is 4. The number of hydrogen-bond acceptors (Lipinski definition) is 5. The fourth-order valence-electron chi connectivity index (χ4n) is 5.32. The maximum atomic E-state index is 6.77. The molecule has 1 aliphatic rings. The topological polar surface area (TPSA) is 36.9 Å². The predicted octanol–water partition coefficient (Wildman–Crippen LogP) is 9.95. The lowest BCUT2D eigenvalue weighted by Gasteiger charge is -2.46. The van der Waals surface area contributed by atoms with E-state index in [0.717, 1.165) is 84.2 Å². The quantitative estimate of drug-likeness (QED) is 0.104. The van der Waals surface area contributed by atoms with Gasteiger partial charge in [-0.2, -0.15) is 0 Å². The molecule has 0 amide bonds. The molecule has 1 fully saturated rings. The summed E-state index contributed by atoms with van der Waals surface area (Å²) in [5.74, 6) is 0. The van der Waals surface area contributed by atoms with Crippen molar-refractivity contribution in [3.8, 4) is 0 Å². The lowest BCUT2D eigenvalue weighted by Crippen LogP contribution is -2.55. The SMILES string of the molecule is CCCCOC[C@H]1S[C@@H](c2cccc(C=Cc3ccc(CC)cc3)c2)[C@H](OCCCC)[C@@H](OCCCC)[C@@H]1OCCCC. The Bertz CT molecular complexity index is 1020. The molecule has 0 spiro atoms. The number of thioether (sulfide) groups is 1. The Morgan fingerprint density at radius 3 is 1.84 bits per heavy atom. The molecule has 240 valence electrons. The maximum absolute atomic E-state index is 6.77. The van der Waals surface area contributed by atoms with Gasteiger partial charge in [-0.15, -0.1) is 11.8 Å². The second-order valence-electron chi connectivity index (χ2n) is 11.7. The van der Waals surface area contributed by atoms with E-state index in [9.17, 15) is 0 Å². The average molecular weight is 611 g/mol. The van der Waals surface area contributed by atoms with Crippen molar-refractivity contribution in [2.75, 3.05) is 33.0 Å². The van der Waals surface area contributed by atoms with Gasteiger partial charge in [0.2, 0.25) is 0 Å². The average Bonchev–Trinajstić information content (AvgIpc) is 3.04. The summed E-state index contributed by atoms with van der Waals surface area (Å²) < 4.78 is 26.4. The van der Waals surface area contributed by atoms with Gasteiger partial charge in [-0.3, -0.25) is 0 Å². The maximum Gasteiger partial charge on any atom is 0.112 e. The van der Waals surface area contributed by atoms with Gasteiger partial charge < -0.3 is 18.9 Å². The van der Waals surface area contributed by atoms with Gasteiger partial charge in [-0.1, -0.05) is 121 Å². The van der Waals surface area contributed by atoms with Crippen LogP contribution >= 0.6 is 11.8 Å². The Morgan fingerprint density at radius 1 is 0.628 bits per heavy atom. The first kappa shape index (κ1) is 35.8. The van der Waals surface area contributed by atoms with Crippen molar-refractivity contribution in [1.82, 2.24) is 0 Å². The highest BCUT2D eigenvalue weighted by Gasteiger charge is 2.48. The van der Waals surface area contributed by atoms with E-state index in [2.05, 4.69) is 95.3 Å². The smallest absolute Gasteiger partial charge is 0.112 e. The lowest BCUT2D eigenvalue weighted by molar-refractivity contribution is -0.149. The van der Waals surface area contributed by atoms with E-state index in [4.69, 9.17) is 18.9 Å². The Morgan fingerprint density at radius 2 is 1.21 bits per heavy atom. The molecule has 0 aromatic heterocycles. The minimum atomic E-state index is -0.137. The van der Waals surface area contributed by atoms with Crippen molar-refractivity contribution in [2.45, 2.75) is 121 Å². The van der Waals surface area contributed by atoms with Crippen LogP contribution in [0.1, 0.15) is 113 Å².